The van der Waals surface area contributed by atoms with Crippen molar-refractivity contribution in [3.05, 3.63) is 46.2 Å². The number of hydrogen-bond donors (Lipinski definition) is 0. The number of hydrogen-bond acceptors (Lipinski definition) is 3. The Labute approximate surface area is 131 Å². The molecule has 0 radical (unpaired) electrons. The second-order valence-corrected chi connectivity index (χ2v) is 4.78. The minimum Gasteiger partial charge on any atom is -0.336 e. The Morgan fingerprint density at radius 2 is 1.73 bits per heavy atom. The van der Waals surface area contributed by atoms with Gasteiger partial charge in [0.25, 0.3) is 5.91 Å². The fourth-order valence-electron chi connectivity index (χ4n) is 2.11. The number of fused-ring (bicyclic) bond motifs is 1. The molecule has 0 bridgehead atoms. The first-order valence-corrected chi connectivity index (χ1v) is 7.13. The first kappa shape index (κ1) is 16.3. The van der Waals surface area contributed by atoms with Gasteiger partial charge in [0.05, 0.1) is 17.8 Å². The summed E-state index contributed by atoms with van der Waals surface area (Å²) in [6, 6.07) is 3.47. The molecule has 1 amide bonds. The summed E-state index contributed by atoms with van der Waals surface area (Å²) in [4.78, 5) is 21.1. The Morgan fingerprint density at radius 1 is 1.14 bits per heavy atom. The van der Waals surface area contributed by atoms with Crippen molar-refractivity contribution in [1.29, 1.82) is 0 Å². The molecule has 0 N–H and O–H groups in total. The van der Waals surface area contributed by atoms with Crippen LogP contribution >= 0.6 is 11.6 Å². The van der Waals surface area contributed by atoms with Gasteiger partial charge < -0.3 is 4.90 Å². The van der Waals surface area contributed by atoms with Gasteiger partial charge in [0, 0.05) is 7.05 Å². The van der Waals surface area contributed by atoms with E-state index in [9.17, 15) is 13.6 Å². The van der Waals surface area contributed by atoms with Crippen molar-refractivity contribution < 1.29 is 13.6 Å². The molecule has 1 aromatic carbocycles. The SMILES string of the molecule is CC.CN1Cc2nc(-c3c(F)cccc3F)nc(Cl)c2C1=O. The molecule has 1 aliphatic heterocycles. The van der Waals surface area contributed by atoms with Crippen molar-refractivity contribution in [1.82, 2.24) is 14.9 Å². The van der Waals surface area contributed by atoms with Crippen LogP contribution < -0.4 is 0 Å². The molecule has 0 saturated carbocycles. The average Bonchev–Trinajstić information content (AvgIpc) is 2.76. The fourth-order valence-corrected chi connectivity index (χ4v) is 2.38. The van der Waals surface area contributed by atoms with Crippen molar-refractivity contribution >= 4 is 17.5 Å². The normalized spacial score (nSPS) is 12.8. The van der Waals surface area contributed by atoms with Crippen LogP contribution in [-0.2, 0) is 6.54 Å². The van der Waals surface area contributed by atoms with E-state index in [1.807, 2.05) is 13.8 Å². The number of benzene rings is 1. The largest absolute Gasteiger partial charge is 0.336 e. The average molecular weight is 326 g/mol. The van der Waals surface area contributed by atoms with Crippen molar-refractivity contribution in [3.8, 4) is 11.4 Å². The van der Waals surface area contributed by atoms with Crippen LogP contribution in [0.25, 0.3) is 11.4 Å². The molecule has 1 aromatic heterocycles. The summed E-state index contributed by atoms with van der Waals surface area (Å²) < 4.78 is 27.5. The molecule has 0 atom stereocenters. The third-order valence-corrected chi connectivity index (χ3v) is 3.35. The molecule has 0 unspecified atom stereocenters. The molecule has 7 heteroatoms. The Hall–Kier alpha value is -2.08. The Balaban J connectivity index is 0.000000847. The number of amides is 1. The zero-order valence-electron chi connectivity index (χ0n) is 12.3. The van der Waals surface area contributed by atoms with E-state index in [1.165, 1.54) is 11.0 Å². The number of rotatable bonds is 1. The summed E-state index contributed by atoms with van der Waals surface area (Å²) in [5, 5.41) is -0.0954. The molecule has 0 spiro atoms. The number of carbonyl (C=O) groups excluding carboxylic acids is 1. The van der Waals surface area contributed by atoms with E-state index < -0.39 is 11.6 Å². The molecular formula is C15H14ClF2N3O. The number of halogens is 3. The van der Waals surface area contributed by atoms with E-state index in [0.29, 0.717) is 5.69 Å². The lowest BCUT2D eigenvalue weighted by molar-refractivity contribution is 0.0816. The smallest absolute Gasteiger partial charge is 0.259 e. The van der Waals surface area contributed by atoms with E-state index in [0.717, 1.165) is 12.1 Å². The highest BCUT2D eigenvalue weighted by Crippen LogP contribution is 2.30. The lowest BCUT2D eigenvalue weighted by Crippen LogP contribution is -2.17. The molecule has 0 saturated heterocycles. The summed E-state index contributed by atoms with van der Waals surface area (Å²) in [6.45, 7) is 4.24. The lowest BCUT2D eigenvalue weighted by Gasteiger charge is -2.06. The van der Waals surface area contributed by atoms with Crippen LogP contribution in [0.3, 0.4) is 0 Å². The molecule has 22 heavy (non-hydrogen) atoms. The van der Waals surface area contributed by atoms with Crippen LogP contribution in [0.5, 0.6) is 0 Å². The van der Waals surface area contributed by atoms with Gasteiger partial charge in [-0.1, -0.05) is 31.5 Å². The topological polar surface area (TPSA) is 46.1 Å². The predicted molar refractivity (Wildman–Crippen MR) is 79.5 cm³/mol. The van der Waals surface area contributed by atoms with Gasteiger partial charge in [0.1, 0.15) is 22.4 Å². The number of carbonyl (C=O) groups is 1. The van der Waals surface area contributed by atoms with Crippen molar-refractivity contribution in [2.75, 3.05) is 7.05 Å². The number of nitrogens with zero attached hydrogens (tertiary/aromatic N) is 3. The minimum absolute atomic E-state index is 0.0954. The molecule has 1 aliphatic rings. The molecule has 2 heterocycles. The predicted octanol–water partition coefficient (Wildman–Crippen LogP) is 3.69. The van der Waals surface area contributed by atoms with Crippen LogP contribution in [0.1, 0.15) is 29.9 Å². The monoisotopic (exact) mass is 325 g/mol. The highest BCUT2D eigenvalue weighted by atomic mass is 35.5. The Kier molecular flexibility index (Phi) is 4.71. The van der Waals surface area contributed by atoms with Gasteiger partial charge in [-0.3, -0.25) is 4.79 Å². The third kappa shape index (κ3) is 2.66. The second kappa shape index (κ2) is 6.36. The maximum atomic E-state index is 13.7. The standard InChI is InChI=1S/C13H8ClF2N3O.C2H6/c1-19-5-8-10(13(19)20)11(14)18-12(17-8)9-6(15)3-2-4-7(9)16;1-2/h2-4H,5H2,1H3;1-2H3. The Bertz CT molecular complexity index is 717. The molecule has 0 aliphatic carbocycles. The van der Waals surface area contributed by atoms with Gasteiger partial charge >= 0.3 is 0 Å². The van der Waals surface area contributed by atoms with E-state index in [4.69, 9.17) is 11.6 Å². The summed E-state index contributed by atoms with van der Waals surface area (Å²) in [5.74, 6) is -2.02. The fraction of sp³-hybridized carbons (Fsp3) is 0.267. The summed E-state index contributed by atoms with van der Waals surface area (Å²) >= 11 is 5.95. The van der Waals surface area contributed by atoms with E-state index in [2.05, 4.69) is 9.97 Å². The van der Waals surface area contributed by atoms with Gasteiger partial charge in [0.2, 0.25) is 0 Å². The molecule has 2 aromatic rings. The van der Waals surface area contributed by atoms with Crippen molar-refractivity contribution in [3.63, 3.8) is 0 Å². The van der Waals surface area contributed by atoms with Crippen molar-refractivity contribution in [2.24, 2.45) is 0 Å². The third-order valence-electron chi connectivity index (χ3n) is 3.07. The number of aromatic nitrogens is 2. The summed E-state index contributed by atoms with van der Waals surface area (Å²) in [7, 11) is 1.59. The van der Waals surface area contributed by atoms with Gasteiger partial charge in [-0.25, -0.2) is 18.7 Å². The first-order valence-electron chi connectivity index (χ1n) is 6.75. The highest BCUT2D eigenvalue weighted by molar-refractivity contribution is 6.33. The van der Waals surface area contributed by atoms with E-state index in [-0.39, 0.29) is 34.6 Å². The molecule has 0 fully saturated rings. The first-order chi connectivity index (χ1) is 10.5. The quantitative estimate of drug-likeness (QED) is 0.751. The van der Waals surface area contributed by atoms with Crippen molar-refractivity contribution in [2.45, 2.75) is 20.4 Å². The lowest BCUT2D eigenvalue weighted by atomic mass is 10.1. The highest BCUT2D eigenvalue weighted by Gasteiger charge is 2.31. The van der Waals surface area contributed by atoms with Gasteiger partial charge in [0.15, 0.2) is 5.82 Å². The van der Waals surface area contributed by atoms with Gasteiger partial charge in [-0.05, 0) is 12.1 Å². The minimum atomic E-state index is -0.779. The van der Waals surface area contributed by atoms with Gasteiger partial charge in [-0.2, -0.15) is 0 Å². The van der Waals surface area contributed by atoms with Gasteiger partial charge in [-0.15, -0.1) is 0 Å². The summed E-state index contributed by atoms with van der Waals surface area (Å²) in [5.41, 5.74) is 0.212. The van der Waals surface area contributed by atoms with Crippen LogP contribution in [0.2, 0.25) is 5.15 Å². The van der Waals surface area contributed by atoms with Crippen LogP contribution in [-0.4, -0.2) is 27.8 Å². The molecule has 3 rings (SSSR count). The second-order valence-electron chi connectivity index (χ2n) is 4.42. The zero-order chi connectivity index (χ0) is 16.4. The maximum absolute atomic E-state index is 13.7. The maximum Gasteiger partial charge on any atom is 0.259 e. The molecule has 116 valence electrons. The van der Waals surface area contributed by atoms with Crippen LogP contribution in [0, 0.1) is 11.6 Å². The summed E-state index contributed by atoms with van der Waals surface area (Å²) in [6.07, 6.45) is 0. The van der Waals surface area contributed by atoms with E-state index >= 15 is 0 Å². The van der Waals surface area contributed by atoms with Crippen LogP contribution in [0.15, 0.2) is 18.2 Å². The molecule has 4 nitrogen and oxygen atoms in total. The Morgan fingerprint density at radius 3 is 2.32 bits per heavy atom. The molecular weight excluding hydrogens is 312 g/mol. The zero-order valence-corrected chi connectivity index (χ0v) is 13.1. The van der Waals surface area contributed by atoms with Crippen LogP contribution in [0.4, 0.5) is 8.78 Å². The van der Waals surface area contributed by atoms with E-state index in [1.54, 1.807) is 7.05 Å².